The van der Waals surface area contributed by atoms with Gasteiger partial charge in [-0.25, -0.2) is 0 Å². The van der Waals surface area contributed by atoms with E-state index in [1.165, 1.54) is 0 Å². The number of rotatable bonds is 11. The fourth-order valence-electron chi connectivity index (χ4n) is 3.12. The number of allylic oxidation sites excluding steroid dienone is 4. The van der Waals surface area contributed by atoms with Crippen LogP contribution in [0.1, 0.15) is 24.2 Å². The van der Waals surface area contributed by atoms with Crippen LogP contribution in [0.5, 0.6) is 0 Å². The van der Waals surface area contributed by atoms with Crippen molar-refractivity contribution < 1.29 is 9.59 Å². The van der Waals surface area contributed by atoms with E-state index in [-0.39, 0.29) is 17.4 Å². The molecule has 38 heavy (non-hydrogen) atoms. The molecule has 2 amide bonds. The van der Waals surface area contributed by atoms with Gasteiger partial charge in [-0.3, -0.25) is 14.6 Å². The highest BCUT2D eigenvalue weighted by atomic mass is 16.2. The van der Waals surface area contributed by atoms with E-state index in [1.54, 1.807) is 49.4 Å². The van der Waals surface area contributed by atoms with Crippen LogP contribution in [0.3, 0.4) is 0 Å². The number of hydrogen-bond acceptors (Lipinski definition) is 5. The van der Waals surface area contributed by atoms with E-state index in [9.17, 15) is 9.59 Å². The quantitative estimate of drug-likeness (QED) is 0.219. The van der Waals surface area contributed by atoms with Gasteiger partial charge in [0.1, 0.15) is 0 Å². The van der Waals surface area contributed by atoms with E-state index >= 15 is 0 Å². The number of likely N-dealkylation sites (N-methyl/N-ethyl adjacent to an activating group) is 1. The maximum absolute atomic E-state index is 12.6. The highest BCUT2D eigenvalue weighted by molar-refractivity contribution is 6.06. The lowest BCUT2D eigenvalue weighted by Gasteiger charge is -2.13. The molecule has 2 aromatic rings. The van der Waals surface area contributed by atoms with Gasteiger partial charge in [-0.2, -0.15) is 0 Å². The minimum Gasteiger partial charge on any atom is -0.378 e. The summed E-state index contributed by atoms with van der Waals surface area (Å²) in [6.45, 7) is 15.5. The Balaban J connectivity index is 1.95. The fraction of sp³-hybridized carbons (Fsp3) is 0.194. The third-order valence-corrected chi connectivity index (χ3v) is 5.58. The minimum absolute atomic E-state index is 0.210. The summed E-state index contributed by atoms with van der Waals surface area (Å²) in [5, 5.41) is 5.66. The molecule has 2 N–H and O–H groups in total. The first-order valence-corrected chi connectivity index (χ1v) is 12.0. The monoisotopic (exact) mass is 511 g/mol. The van der Waals surface area contributed by atoms with Crippen molar-refractivity contribution in [2.45, 2.75) is 13.8 Å². The van der Waals surface area contributed by atoms with Crippen molar-refractivity contribution in [2.75, 3.05) is 43.7 Å². The summed E-state index contributed by atoms with van der Waals surface area (Å²) >= 11 is 0. The van der Waals surface area contributed by atoms with Gasteiger partial charge in [-0.15, -0.1) is 0 Å². The molecule has 2 aromatic carbocycles. The standard InChI is InChI=1S/C31H37N5O2/c1-21(10-11-24(4)35(6)7)25(5)32-23(3)20-22(2)30(37)33-27-14-16-28(17-15-27)34-31(38)26-12-18-29(19-13-26)36(8)9/h10-20H,1-2,4H2,3,5-9H3,(H,33,37)(H,34,38)/b11-10-,23-20+,32-25?. The maximum Gasteiger partial charge on any atom is 0.255 e. The normalized spacial score (nSPS) is 11.6. The molecule has 0 bridgehead atoms. The molecule has 0 saturated heterocycles. The number of amides is 2. The van der Waals surface area contributed by atoms with Crippen molar-refractivity contribution in [2.24, 2.45) is 4.99 Å². The smallest absolute Gasteiger partial charge is 0.255 e. The Labute approximate surface area is 226 Å². The maximum atomic E-state index is 12.6. The Morgan fingerprint density at radius 3 is 1.87 bits per heavy atom. The second kappa shape index (κ2) is 13.6. The number of anilines is 3. The largest absolute Gasteiger partial charge is 0.378 e. The first-order valence-electron chi connectivity index (χ1n) is 12.0. The van der Waals surface area contributed by atoms with Crippen LogP contribution in [0.25, 0.3) is 0 Å². The molecule has 0 aliphatic carbocycles. The molecule has 0 heterocycles. The zero-order valence-electron chi connectivity index (χ0n) is 23.1. The number of nitrogens with one attached hydrogen (secondary N) is 2. The molecule has 0 radical (unpaired) electrons. The van der Waals surface area contributed by atoms with Gasteiger partial charge in [0.25, 0.3) is 11.8 Å². The molecule has 0 aliphatic rings. The van der Waals surface area contributed by atoms with Gasteiger partial charge in [0.15, 0.2) is 0 Å². The summed E-state index contributed by atoms with van der Waals surface area (Å²) in [6.07, 6.45) is 5.33. The summed E-state index contributed by atoms with van der Waals surface area (Å²) in [5.74, 6) is -0.561. The first-order chi connectivity index (χ1) is 17.9. The Morgan fingerprint density at radius 2 is 1.34 bits per heavy atom. The van der Waals surface area contributed by atoms with Crippen LogP contribution in [0.4, 0.5) is 17.1 Å². The van der Waals surface area contributed by atoms with Gasteiger partial charge in [0, 0.05) is 73.5 Å². The van der Waals surface area contributed by atoms with Gasteiger partial charge in [-0.1, -0.05) is 25.8 Å². The average molecular weight is 512 g/mol. The van der Waals surface area contributed by atoms with E-state index < -0.39 is 0 Å². The highest BCUT2D eigenvalue weighted by Crippen LogP contribution is 2.17. The van der Waals surface area contributed by atoms with Crippen LogP contribution in [-0.2, 0) is 4.79 Å². The summed E-state index contributed by atoms with van der Waals surface area (Å²) in [4.78, 5) is 33.5. The van der Waals surface area contributed by atoms with Gasteiger partial charge in [0.05, 0.1) is 0 Å². The predicted octanol–water partition coefficient (Wildman–Crippen LogP) is 6.05. The van der Waals surface area contributed by atoms with Gasteiger partial charge < -0.3 is 20.4 Å². The summed E-state index contributed by atoms with van der Waals surface area (Å²) in [7, 11) is 7.72. The second-order valence-electron chi connectivity index (χ2n) is 9.18. The van der Waals surface area contributed by atoms with Gasteiger partial charge >= 0.3 is 0 Å². The molecule has 0 atom stereocenters. The van der Waals surface area contributed by atoms with E-state index in [0.717, 1.165) is 22.7 Å². The molecule has 0 aromatic heterocycles. The van der Waals surface area contributed by atoms with Crippen LogP contribution in [0.2, 0.25) is 0 Å². The lowest BCUT2D eigenvalue weighted by molar-refractivity contribution is -0.112. The molecule has 7 heteroatoms. The summed E-state index contributed by atoms with van der Waals surface area (Å²) in [6, 6.07) is 14.2. The van der Waals surface area contributed by atoms with Crippen molar-refractivity contribution >= 4 is 34.6 Å². The van der Waals surface area contributed by atoms with E-state index in [0.29, 0.717) is 22.6 Å². The molecule has 0 fully saturated rings. The van der Waals surface area contributed by atoms with Crippen LogP contribution in [0.15, 0.2) is 114 Å². The van der Waals surface area contributed by atoms with Crippen LogP contribution < -0.4 is 15.5 Å². The van der Waals surface area contributed by atoms with Crippen molar-refractivity contribution in [1.29, 1.82) is 0 Å². The molecule has 198 valence electrons. The van der Waals surface area contributed by atoms with Crippen LogP contribution >= 0.6 is 0 Å². The van der Waals surface area contributed by atoms with Crippen molar-refractivity contribution in [3.8, 4) is 0 Å². The van der Waals surface area contributed by atoms with E-state index in [1.807, 2.05) is 69.2 Å². The van der Waals surface area contributed by atoms with Crippen LogP contribution in [0, 0.1) is 0 Å². The number of nitrogens with zero attached hydrogens (tertiary/aromatic N) is 3. The van der Waals surface area contributed by atoms with E-state index in [2.05, 4.69) is 35.4 Å². The topological polar surface area (TPSA) is 77.0 Å². The predicted molar refractivity (Wildman–Crippen MR) is 161 cm³/mol. The van der Waals surface area contributed by atoms with Gasteiger partial charge in [-0.05, 0) is 80.1 Å². The van der Waals surface area contributed by atoms with E-state index in [4.69, 9.17) is 0 Å². The number of benzene rings is 2. The number of carbonyl (C=O) groups is 2. The third-order valence-electron chi connectivity index (χ3n) is 5.58. The van der Waals surface area contributed by atoms with Crippen molar-refractivity contribution in [3.63, 3.8) is 0 Å². The average Bonchev–Trinajstić information content (AvgIpc) is 2.87. The van der Waals surface area contributed by atoms with Gasteiger partial charge in [0.2, 0.25) is 0 Å². The Bertz CT molecular complexity index is 1290. The lowest BCUT2D eigenvalue weighted by atomic mass is 10.1. The first kappa shape index (κ1) is 29.6. The SMILES string of the molecule is C=C(/C=C\C(=C)N(C)C)C(C)=N/C(C)=C/C(=C)C(=O)Nc1ccc(NC(=O)c2ccc(N(C)C)cc2)cc1. The second-order valence-corrected chi connectivity index (χ2v) is 9.18. The van der Waals surface area contributed by atoms with Crippen molar-refractivity contribution in [1.82, 2.24) is 4.90 Å². The Hall–Kier alpha value is -4.65. The van der Waals surface area contributed by atoms with Crippen molar-refractivity contribution in [3.05, 3.63) is 115 Å². The van der Waals surface area contributed by atoms with Crippen LogP contribution in [-0.4, -0.2) is 50.6 Å². The summed E-state index contributed by atoms with van der Waals surface area (Å²) < 4.78 is 0. The zero-order chi connectivity index (χ0) is 28.4. The molecule has 7 nitrogen and oxygen atoms in total. The fourth-order valence-corrected chi connectivity index (χ4v) is 3.12. The molecule has 0 unspecified atom stereocenters. The molecule has 0 saturated carbocycles. The molecular weight excluding hydrogens is 474 g/mol. The number of aliphatic imine (C=N–C) groups is 1. The Morgan fingerprint density at radius 1 is 0.789 bits per heavy atom. The number of carbonyl (C=O) groups excluding carboxylic acids is 2. The summed E-state index contributed by atoms with van der Waals surface area (Å²) in [5.41, 5.74) is 5.97. The minimum atomic E-state index is -0.351. The molecule has 0 spiro atoms. The molecular formula is C31H37N5O2. The third kappa shape index (κ3) is 9.09. The lowest BCUT2D eigenvalue weighted by Crippen LogP contribution is -2.14. The molecule has 0 aliphatic heterocycles. The molecule has 2 rings (SSSR count). The highest BCUT2D eigenvalue weighted by Gasteiger charge is 2.09. The Kier molecular flexibility index (Phi) is 10.6. The number of hydrogen-bond donors (Lipinski definition) is 2. The zero-order valence-corrected chi connectivity index (χ0v) is 23.1.